The second-order valence-electron chi connectivity index (χ2n) is 6.62. The van der Waals surface area contributed by atoms with Crippen LogP contribution in [0.1, 0.15) is 32.8 Å². The lowest BCUT2D eigenvalue weighted by Crippen LogP contribution is -2.22. The molecule has 1 aliphatic carbocycles. The number of fused-ring (bicyclic) bond motifs is 1. The molecule has 1 N–H and O–H groups in total. The van der Waals surface area contributed by atoms with Gasteiger partial charge < -0.3 is 19.5 Å². The molecule has 9 heteroatoms. The van der Waals surface area contributed by atoms with Crippen LogP contribution in [0.3, 0.4) is 0 Å². The smallest absolute Gasteiger partial charge is 0.349 e. The number of methoxy groups -OCH3 is 2. The zero-order valence-corrected chi connectivity index (χ0v) is 17.8. The predicted octanol–water partition coefficient (Wildman–Crippen LogP) is 3.12. The SMILES string of the molecule is COC(=O)c1c(NC(=O)COC(=O)/C(C#N)=C/c2ccc(OC)cc2)sc2c1CCC2. The molecule has 0 atom stereocenters. The van der Waals surface area contributed by atoms with Crippen LogP contribution in [-0.4, -0.2) is 38.7 Å². The van der Waals surface area contributed by atoms with Gasteiger partial charge in [0, 0.05) is 4.88 Å². The summed E-state index contributed by atoms with van der Waals surface area (Å²) in [5.41, 5.74) is 1.62. The van der Waals surface area contributed by atoms with E-state index in [-0.39, 0.29) is 5.57 Å². The van der Waals surface area contributed by atoms with E-state index in [4.69, 9.17) is 14.2 Å². The van der Waals surface area contributed by atoms with Crippen molar-refractivity contribution in [2.45, 2.75) is 19.3 Å². The van der Waals surface area contributed by atoms with Crippen LogP contribution in [0.15, 0.2) is 29.8 Å². The van der Waals surface area contributed by atoms with Crippen molar-refractivity contribution in [3.63, 3.8) is 0 Å². The normalized spacial score (nSPS) is 12.5. The molecule has 160 valence electrons. The fraction of sp³-hybridized carbons (Fsp3) is 0.273. The lowest BCUT2D eigenvalue weighted by atomic mass is 10.1. The molecule has 2 aromatic rings. The minimum Gasteiger partial charge on any atom is -0.497 e. The molecule has 0 bridgehead atoms. The van der Waals surface area contributed by atoms with Crippen LogP contribution in [0, 0.1) is 11.3 Å². The molecule has 31 heavy (non-hydrogen) atoms. The highest BCUT2D eigenvalue weighted by Crippen LogP contribution is 2.39. The summed E-state index contributed by atoms with van der Waals surface area (Å²) < 4.78 is 14.9. The summed E-state index contributed by atoms with van der Waals surface area (Å²) in [4.78, 5) is 37.7. The van der Waals surface area contributed by atoms with Crippen LogP contribution in [0.2, 0.25) is 0 Å². The van der Waals surface area contributed by atoms with Gasteiger partial charge in [0.15, 0.2) is 6.61 Å². The van der Waals surface area contributed by atoms with Crippen LogP contribution in [0.4, 0.5) is 5.00 Å². The molecule has 1 aromatic heterocycles. The second kappa shape index (κ2) is 9.91. The molecule has 1 aromatic carbocycles. The van der Waals surface area contributed by atoms with Crippen molar-refractivity contribution in [3.8, 4) is 11.8 Å². The Kier molecular flexibility index (Phi) is 7.05. The molecule has 3 rings (SSSR count). The molecular weight excluding hydrogens is 420 g/mol. The quantitative estimate of drug-likeness (QED) is 0.400. The van der Waals surface area contributed by atoms with E-state index in [1.165, 1.54) is 31.6 Å². The van der Waals surface area contributed by atoms with Gasteiger partial charge in [-0.2, -0.15) is 5.26 Å². The summed E-state index contributed by atoms with van der Waals surface area (Å²) >= 11 is 1.32. The zero-order chi connectivity index (χ0) is 22.4. The van der Waals surface area contributed by atoms with Crippen molar-refractivity contribution in [1.82, 2.24) is 0 Å². The van der Waals surface area contributed by atoms with Gasteiger partial charge in [0.1, 0.15) is 22.4 Å². The number of nitrogens with zero attached hydrogens (tertiary/aromatic N) is 1. The number of benzene rings is 1. The van der Waals surface area contributed by atoms with E-state index >= 15 is 0 Å². The van der Waals surface area contributed by atoms with Crippen LogP contribution < -0.4 is 10.1 Å². The third kappa shape index (κ3) is 5.10. The lowest BCUT2D eigenvalue weighted by Gasteiger charge is -2.08. The number of carbonyl (C=O) groups excluding carboxylic acids is 3. The highest BCUT2D eigenvalue weighted by Gasteiger charge is 2.28. The second-order valence-corrected chi connectivity index (χ2v) is 7.73. The van der Waals surface area contributed by atoms with E-state index in [9.17, 15) is 19.6 Å². The minimum atomic E-state index is -0.921. The van der Waals surface area contributed by atoms with E-state index in [2.05, 4.69) is 5.32 Å². The molecule has 0 radical (unpaired) electrons. The van der Waals surface area contributed by atoms with Crippen LogP contribution >= 0.6 is 11.3 Å². The number of rotatable bonds is 7. The van der Waals surface area contributed by atoms with Crippen LogP contribution in [-0.2, 0) is 31.9 Å². The Morgan fingerprint density at radius 1 is 1.19 bits per heavy atom. The Balaban J connectivity index is 1.64. The third-order valence-corrected chi connectivity index (χ3v) is 5.87. The van der Waals surface area contributed by atoms with Gasteiger partial charge in [0.05, 0.1) is 19.8 Å². The van der Waals surface area contributed by atoms with Crippen molar-refractivity contribution in [1.29, 1.82) is 5.26 Å². The highest BCUT2D eigenvalue weighted by molar-refractivity contribution is 7.17. The number of ether oxygens (including phenoxy) is 3. The number of anilines is 1. The van der Waals surface area contributed by atoms with Crippen molar-refractivity contribution in [2.24, 2.45) is 0 Å². The average molecular weight is 440 g/mol. The molecule has 0 unspecified atom stereocenters. The van der Waals surface area contributed by atoms with Crippen molar-refractivity contribution >= 4 is 40.3 Å². The number of esters is 2. The summed E-state index contributed by atoms with van der Waals surface area (Å²) in [6.07, 6.45) is 3.91. The van der Waals surface area contributed by atoms with E-state index in [1.807, 2.05) is 0 Å². The summed E-state index contributed by atoms with van der Waals surface area (Å²) in [6, 6.07) is 8.52. The zero-order valence-electron chi connectivity index (χ0n) is 17.0. The maximum absolute atomic E-state index is 12.3. The van der Waals surface area contributed by atoms with Crippen molar-refractivity contribution < 1.29 is 28.6 Å². The Hall–Kier alpha value is -3.64. The van der Waals surface area contributed by atoms with Gasteiger partial charge in [-0.25, -0.2) is 9.59 Å². The lowest BCUT2D eigenvalue weighted by molar-refractivity contribution is -0.142. The van der Waals surface area contributed by atoms with Gasteiger partial charge in [-0.1, -0.05) is 12.1 Å². The third-order valence-electron chi connectivity index (χ3n) is 4.67. The van der Waals surface area contributed by atoms with Crippen molar-refractivity contribution in [3.05, 3.63) is 51.4 Å². The standard InChI is InChI=1S/C22H20N2O6S/c1-28-15-8-6-13(7-9-15)10-14(11-23)21(26)30-12-18(25)24-20-19(22(27)29-2)16-4-3-5-17(16)31-20/h6-10H,3-5,12H2,1-2H3,(H,24,25)/b14-10+. The van der Waals surface area contributed by atoms with Gasteiger partial charge in [-0.3, -0.25) is 4.79 Å². The minimum absolute atomic E-state index is 0.247. The first kappa shape index (κ1) is 22.1. The van der Waals surface area contributed by atoms with Gasteiger partial charge in [-0.15, -0.1) is 11.3 Å². The number of amides is 1. The molecule has 1 aliphatic rings. The summed E-state index contributed by atoms with van der Waals surface area (Å²) in [6.45, 7) is -0.594. The Labute approximate surface area is 183 Å². The molecular formula is C22H20N2O6S. The van der Waals surface area contributed by atoms with Gasteiger partial charge in [0.2, 0.25) is 0 Å². The fourth-order valence-electron chi connectivity index (χ4n) is 3.19. The molecule has 0 saturated carbocycles. The molecule has 1 amide bonds. The highest BCUT2D eigenvalue weighted by atomic mass is 32.1. The number of nitriles is 1. The molecule has 0 saturated heterocycles. The number of hydrogen-bond donors (Lipinski definition) is 1. The maximum Gasteiger partial charge on any atom is 0.349 e. The number of thiophene rings is 1. The molecule has 1 heterocycles. The topological polar surface area (TPSA) is 115 Å². The molecule has 0 fully saturated rings. The van der Waals surface area contributed by atoms with Crippen LogP contribution in [0.5, 0.6) is 5.75 Å². The Bertz CT molecular complexity index is 1080. The van der Waals surface area contributed by atoms with Crippen molar-refractivity contribution in [2.75, 3.05) is 26.1 Å². The predicted molar refractivity (Wildman–Crippen MR) is 114 cm³/mol. The largest absolute Gasteiger partial charge is 0.497 e. The molecule has 0 spiro atoms. The first-order chi connectivity index (χ1) is 15.0. The molecule has 0 aliphatic heterocycles. The van der Waals surface area contributed by atoms with E-state index in [0.29, 0.717) is 21.9 Å². The Morgan fingerprint density at radius 2 is 1.94 bits per heavy atom. The molecule has 8 nitrogen and oxygen atoms in total. The summed E-state index contributed by atoms with van der Waals surface area (Å²) in [5.74, 6) is -1.41. The fourth-order valence-corrected chi connectivity index (χ4v) is 4.48. The number of nitrogens with one attached hydrogen (secondary N) is 1. The van der Waals surface area contributed by atoms with Gasteiger partial charge >= 0.3 is 11.9 Å². The Morgan fingerprint density at radius 3 is 2.58 bits per heavy atom. The first-order valence-electron chi connectivity index (χ1n) is 9.42. The van der Waals surface area contributed by atoms with E-state index < -0.39 is 24.5 Å². The van der Waals surface area contributed by atoms with E-state index in [1.54, 1.807) is 30.3 Å². The number of carbonyl (C=O) groups is 3. The first-order valence-corrected chi connectivity index (χ1v) is 10.2. The van der Waals surface area contributed by atoms with Crippen LogP contribution in [0.25, 0.3) is 6.08 Å². The summed E-state index contributed by atoms with van der Waals surface area (Å²) in [7, 11) is 2.82. The van der Waals surface area contributed by atoms with Gasteiger partial charge in [-0.05, 0) is 48.6 Å². The number of hydrogen-bond acceptors (Lipinski definition) is 8. The summed E-state index contributed by atoms with van der Waals surface area (Å²) in [5, 5.41) is 12.3. The van der Waals surface area contributed by atoms with Gasteiger partial charge in [0.25, 0.3) is 5.91 Å². The maximum atomic E-state index is 12.3. The van der Waals surface area contributed by atoms with E-state index in [0.717, 1.165) is 29.7 Å². The number of aryl methyl sites for hydroxylation is 1. The monoisotopic (exact) mass is 440 g/mol. The average Bonchev–Trinajstić information content (AvgIpc) is 3.36.